The van der Waals surface area contributed by atoms with Crippen LogP contribution in [-0.4, -0.2) is 11.0 Å². The number of hydrogen-bond acceptors (Lipinski definition) is 2. The van der Waals surface area contributed by atoms with Crippen molar-refractivity contribution in [2.45, 2.75) is 46.1 Å². The summed E-state index contributed by atoms with van der Waals surface area (Å²) in [6, 6.07) is 4.73. The van der Waals surface area contributed by atoms with Crippen LogP contribution in [0, 0.1) is 18.8 Å². The Bertz CT molecular complexity index is 382. The zero-order valence-corrected chi connectivity index (χ0v) is 12.4. The summed E-state index contributed by atoms with van der Waals surface area (Å²) in [6.07, 6.45) is 3.93. The number of pyridine rings is 1. The van der Waals surface area contributed by atoms with Crippen molar-refractivity contribution in [1.29, 1.82) is 0 Å². The smallest absolute Gasteiger partial charge is 0.106 e. The van der Waals surface area contributed by atoms with E-state index in [-0.39, 0.29) is 0 Å². The zero-order valence-electron chi connectivity index (χ0n) is 10.8. The molecule has 3 heteroatoms. The lowest BCUT2D eigenvalue weighted by atomic mass is 9.80. The molecule has 0 aromatic carbocycles. The Balaban J connectivity index is 2.04. The summed E-state index contributed by atoms with van der Waals surface area (Å²) in [5.41, 5.74) is 2.25. The fraction of sp³-hybridized carbons (Fsp3) is 0.643. The molecule has 1 aliphatic carbocycles. The topological polar surface area (TPSA) is 24.9 Å². The molecule has 2 unspecified atom stereocenters. The van der Waals surface area contributed by atoms with Crippen LogP contribution in [0.4, 0.5) is 5.69 Å². The van der Waals surface area contributed by atoms with Crippen LogP contribution in [0.1, 0.15) is 38.8 Å². The van der Waals surface area contributed by atoms with Gasteiger partial charge in [0.25, 0.3) is 0 Å². The van der Waals surface area contributed by atoms with Gasteiger partial charge in [0.1, 0.15) is 4.60 Å². The number of rotatable bonds is 2. The number of nitrogens with one attached hydrogen (secondary N) is 1. The first kappa shape index (κ1) is 12.9. The standard InChI is InChI=1S/C14H21BrN2/c1-9-6-10(2)8-12(7-9)17-13-4-5-14(15)16-11(13)3/h4-5,9-10,12,17H,6-8H2,1-3H3. The molecule has 0 aliphatic heterocycles. The molecule has 0 spiro atoms. The fourth-order valence-corrected chi connectivity index (χ4v) is 3.37. The third-order valence-corrected chi connectivity index (χ3v) is 4.03. The van der Waals surface area contributed by atoms with Gasteiger partial charge in [-0.05, 0) is 66.1 Å². The second kappa shape index (κ2) is 5.38. The minimum Gasteiger partial charge on any atom is -0.381 e. The maximum Gasteiger partial charge on any atom is 0.106 e. The van der Waals surface area contributed by atoms with Crippen LogP contribution in [-0.2, 0) is 0 Å². The van der Waals surface area contributed by atoms with Crippen LogP contribution < -0.4 is 5.32 Å². The van der Waals surface area contributed by atoms with Crippen molar-refractivity contribution in [2.75, 3.05) is 5.32 Å². The van der Waals surface area contributed by atoms with Gasteiger partial charge in [0, 0.05) is 6.04 Å². The Morgan fingerprint density at radius 2 is 1.82 bits per heavy atom. The predicted octanol–water partition coefficient (Wildman–Crippen LogP) is 4.39. The first-order chi connectivity index (χ1) is 8.04. The minimum absolute atomic E-state index is 0.607. The third kappa shape index (κ3) is 3.44. The molecular formula is C14H21BrN2. The highest BCUT2D eigenvalue weighted by atomic mass is 79.9. The normalized spacial score (nSPS) is 29.1. The number of hydrogen-bond donors (Lipinski definition) is 1. The van der Waals surface area contributed by atoms with E-state index in [9.17, 15) is 0 Å². The molecular weight excluding hydrogens is 276 g/mol. The molecule has 0 amide bonds. The highest BCUT2D eigenvalue weighted by molar-refractivity contribution is 9.10. The average molecular weight is 297 g/mol. The van der Waals surface area contributed by atoms with E-state index >= 15 is 0 Å². The van der Waals surface area contributed by atoms with E-state index in [0.29, 0.717) is 6.04 Å². The van der Waals surface area contributed by atoms with Gasteiger partial charge in [-0.25, -0.2) is 4.98 Å². The Labute approximate surface area is 112 Å². The molecule has 2 nitrogen and oxygen atoms in total. The number of nitrogens with zero attached hydrogens (tertiary/aromatic N) is 1. The third-order valence-electron chi connectivity index (χ3n) is 3.59. The number of aromatic nitrogens is 1. The molecule has 0 radical (unpaired) electrons. The van der Waals surface area contributed by atoms with Crippen LogP contribution in [0.2, 0.25) is 0 Å². The van der Waals surface area contributed by atoms with Gasteiger partial charge in [0.2, 0.25) is 0 Å². The van der Waals surface area contributed by atoms with E-state index in [4.69, 9.17) is 0 Å². The SMILES string of the molecule is Cc1nc(Br)ccc1NC1CC(C)CC(C)C1. The van der Waals surface area contributed by atoms with Gasteiger partial charge in [0.05, 0.1) is 11.4 Å². The van der Waals surface area contributed by atoms with Crippen LogP contribution in [0.25, 0.3) is 0 Å². The quantitative estimate of drug-likeness (QED) is 0.819. The molecule has 2 atom stereocenters. The molecule has 94 valence electrons. The monoisotopic (exact) mass is 296 g/mol. The van der Waals surface area contributed by atoms with E-state index < -0.39 is 0 Å². The average Bonchev–Trinajstić information content (AvgIpc) is 2.21. The number of aryl methyl sites for hydroxylation is 1. The molecule has 1 saturated carbocycles. The van der Waals surface area contributed by atoms with Crippen LogP contribution in [0.3, 0.4) is 0 Å². The molecule has 0 saturated heterocycles. The molecule has 1 aromatic heterocycles. The Morgan fingerprint density at radius 3 is 2.41 bits per heavy atom. The summed E-state index contributed by atoms with van der Waals surface area (Å²) in [5, 5.41) is 3.65. The Hall–Kier alpha value is -0.570. The molecule has 1 heterocycles. The maximum absolute atomic E-state index is 4.43. The second-order valence-electron chi connectivity index (χ2n) is 5.53. The fourth-order valence-electron chi connectivity index (χ4n) is 2.97. The minimum atomic E-state index is 0.607. The van der Waals surface area contributed by atoms with E-state index in [1.54, 1.807) is 0 Å². The van der Waals surface area contributed by atoms with Crippen LogP contribution >= 0.6 is 15.9 Å². The molecule has 1 aromatic rings. The first-order valence-corrected chi connectivity index (χ1v) is 7.23. The number of halogens is 1. The molecule has 1 fully saturated rings. The summed E-state index contributed by atoms with van der Waals surface area (Å²) in [6.45, 7) is 6.77. The van der Waals surface area contributed by atoms with Gasteiger partial charge in [0.15, 0.2) is 0 Å². The lowest BCUT2D eigenvalue weighted by Crippen LogP contribution is -2.30. The lowest BCUT2D eigenvalue weighted by Gasteiger charge is -2.32. The van der Waals surface area contributed by atoms with Crippen molar-refractivity contribution in [3.63, 3.8) is 0 Å². The van der Waals surface area contributed by atoms with Gasteiger partial charge in [-0.3, -0.25) is 0 Å². The summed E-state index contributed by atoms with van der Waals surface area (Å²) < 4.78 is 0.908. The van der Waals surface area contributed by atoms with Crippen molar-refractivity contribution >= 4 is 21.6 Å². The van der Waals surface area contributed by atoms with E-state index in [0.717, 1.165) is 22.1 Å². The molecule has 1 aliphatic rings. The van der Waals surface area contributed by atoms with Gasteiger partial charge in [-0.2, -0.15) is 0 Å². The highest BCUT2D eigenvalue weighted by Gasteiger charge is 2.24. The molecule has 0 bridgehead atoms. The van der Waals surface area contributed by atoms with Crippen LogP contribution in [0.15, 0.2) is 16.7 Å². The van der Waals surface area contributed by atoms with Crippen molar-refractivity contribution < 1.29 is 0 Å². The van der Waals surface area contributed by atoms with Gasteiger partial charge in [-0.1, -0.05) is 13.8 Å². The molecule has 2 rings (SSSR count). The summed E-state index contributed by atoms with van der Waals surface area (Å²) in [4.78, 5) is 4.43. The second-order valence-corrected chi connectivity index (χ2v) is 6.34. The van der Waals surface area contributed by atoms with Gasteiger partial charge >= 0.3 is 0 Å². The van der Waals surface area contributed by atoms with Crippen molar-refractivity contribution in [1.82, 2.24) is 4.98 Å². The largest absolute Gasteiger partial charge is 0.381 e. The first-order valence-electron chi connectivity index (χ1n) is 6.44. The van der Waals surface area contributed by atoms with Gasteiger partial charge < -0.3 is 5.32 Å². The Morgan fingerprint density at radius 1 is 1.18 bits per heavy atom. The summed E-state index contributed by atoms with van der Waals surface area (Å²) >= 11 is 3.40. The van der Waals surface area contributed by atoms with E-state index in [1.807, 2.05) is 6.07 Å². The van der Waals surface area contributed by atoms with Crippen molar-refractivity contribution in [3.8, 4) is 0 Å². The highest BCUT2D eigenvalue weighted by Crippen LogP contribution is 2.31. The number of anilines is 1. The summed E-state index contributed by atoms with van der Waals surface area (Å²) in [7, 11) is 0. The van der Waals surface area contributed by atoms with Crippen molar-refractivity contribution in [3.05, 3.63) is 22.4 Å². The van der Waals surface area contributed by atoms with Crippen molar-refractivity contribution in [2.24, 2.45) is 11.8 Å². The van der Waals surface area contributed by atoms with E-state index in [2.05, 4.69) is 53.1 Å². The van der Waals surface area contributed by atoms with E-state index in [1.165, 1.54) is 24.9 Å². The summed E-state index contributed by atoms with van der Waals surface area (Å²) in [5.74, 6) is 1.67. The predicted molar refractivity (Wildman–Crippen MR) is 76.3 cm³/mol. The Kier molecular flexibility index (Phi) is 4.08. The van der Waals surface area contributed by atoms with Crippen LogP contribution in [0.5, 0.6) is 0 Å². The lowest BCUT2D eigenvalue weighted by molar-refractivity contribution is 0.280. The molecule has 17 heavy (non-hydrogen) atoms. The van der Waals surface area contributed by atoms with Gasteiger partial charge in [-0.15, -0.1) is 0 Å². The maximum atomic E-state index is 4.43. The zero-order chi connectivity index (χ0) is 12.4. The molecule has 1 N–H and O–H groups in total.